The molecule has 2 aromatic carbocycles. The van der Waals surface area contributed by atoms with E-state index in [-0.39, 0.29) is 23.8 Å². The number of nitrogens with one attached hydrogen (secondary N) is 1. The molecule has 2 heterocycles. The van der Waals surface area contributed by atoms with E-state index < -0.39 is 0 Å². The van der Waals surface area contributed by atoms with Gasteiger partial charge in [-0.25, -0.2) is 9.67 Å². The average molecular weight is 466 g/mol. The number of fused-ring (bicyclic) bond motifs is 1. The lowest BCUT2D eigenvalue weighted by Gasteiger charge is -2.08. The average Bonchev–Trinajstić information content (AvgIpc) is 3.05. The maximum Gasteiger partial charge on any atom is 0.266 e. The second kappa shape index (κ2) is 8.03. The third kappa shape index (κ3) is 3.79. The second-order valence-corrected chi connectivity index (χ2v) is 7.36. The normalized spacial score (nSPS) is 10.9. The van der Waals surface area contributed by atoms with Crippen LogP contribution in [0.5, 0.6) is 0 Å². The van der Waals surface area contributed by atoms with Crippen molar-refractivity contribution in [3.05, 3.63) is 87.0 Å². The molecule has 4 aromatic rings. The third-order valence-corrected chi connectivity index (χ3v) is 5.14. The van der Waals surface area contributed by atoms with Crippen LogP contribution < -0.4 is 10.9 Å². The van der Waals surface area contributed by atoms with Gasteiger partial charge in [0.15, 0.2) is 11.4 Å². The largest absolute Gasteiger partial charge is 0.322 e. The van der Waals surface area contributed by atoms with Crippen LogP contribution in [0.2, 0.25) is 0 Å². The number of Topliss-reactive ketones (excluding diaryl/α,β-unsaturated/α-hetero) is 1. The van der Waals surface area contributed by atoms with Crippen molar-refractivity contribution in [2.75, 3.05) is 5.32 Å². The molecule has 0 aliphatic rings. The zero-order valence-corrected chi connectivity index (χ0v) is 17.5. The molecular weight excluding hydrogens is 450 g/mol. The summed E-state index contributed by atoms with van der Waals surface area (Å²) >= 11 is 3.25. The van der Waals surface area contributed by atoms with E-state index in [0.29, 0.717) is 32.5 Å². The molecule has 0 aliphatic heterocycles. The summed E-state index contributed by atoms with van der Waals surface area (Å²) in [5.74, 6) is -0.484. The molecular formula is C21H16BrN5O3. The number of hydrogen-bond donors (Lipinski definition) is 1. The van der Waals surface area contributed by atoms with Crippen LogP contribution in [0, 0.1) is 0 Å². The zero-order valence-electron chi connectivity index (χ0n) is 15.9. The summed E-state index contributed by atoms with van der Waals surface area (Å²) in [7, 11) is 1.69. The van der Waals surface area contributed by atoms with Crippen LogP contribution in [0.3, 0.4) is 0 Å². The van der Waals surface area contributed by atoms with Gasteiger partial charge in [0.05, 0.1) is 6.54 Å². The predicted molar refractivity (Wildman–Crippen MR) is 116 cm³/mol. The van der Waals surface area contributed by atoms with Crippen LogP contribution >= 0.6 is 15.9 Å². The second-order valence-electron chi connectivity index (χ2n) is 6.61. The van der Waals surface area contributed by atoms with Gasteiger partial charge in [-0.1, -0.05) is 18.2 Å². The van der Waals surface area contributed by atoms with Gasteiger partial charge in [-0.3, -0.25) is 19.0 Å². The summed E-state index contributed by atoms with van der Waals surface area (Å²) in [6.45, 7) is -0.154. The number of aryl methyl sites for hydroxylation is 1. The summed E-state index contributed by atoms with van der Waals surface area (Å²) in [5.41, 5.74) is 1.63. The van der Waals surface area contributed by atoms with Crippen LogP contribution in [0.1, 0.15) is 20.7 Å². The lowest BCUT2D eigenvalue weighted by molar-refractivity contribution is 0.0969. The Balaban J connectivity index is 1.50. The maximum atomic E-state index is 12.7. The zero-order chi connectivity index (χ0) is 21.3. The van der Waals surface area contributed by atoms with Crippen molar-refractivity contribution >= 4 is 44.3 Å². The van der Waals surface area contributed by atoms with Crippen molar-refractivity contribution < 1.29 is 9.59 Å². The first-order valence-electron chi connectivity index (χ1n) is 9.01. The Morgan fingerprint density at radius 2 is 1.73 bits per heavy atom. The molecule has 8 nitrogen and oxygen atoms in total. The molecule has 1 amide bonds. The number of rotatable bonds is 5. The Bertz CT molecular complexity index is 1310. The van der Waals surface area contributed by atoms with Crippen molar-refractivity contribution in [1.82, 2.24) is 19.3 Å². The van der Waals surface area contributed by atoms with Crippen LogP contribution in [0.4, 0.5) is 5.69 Å². The summed E-state index contributed by atoms with van der Waals surface area (Å²) in [6, 6.07) is 15.4. The fourth-order valence-corrected chi connectivity index (χ4v) is 3.61. The summed E-state index contributed by atoms with van der Waals surface area (Å²) in [5, 5.41) is 7.23. The molecule has 0 radical (unpaired) electrons. The van der Waals surface area contributed by atoms with Crippen LogP contribution in [0.25, 0.3) is 11.0 Å². The van der Waals surface area contributed by atoms with Gasteiger partial charge >= 0.3 is 0 Å². The predicted octanol–water partition coefficient (Wildman–Crippen LogP) is 3.03. The number of nitrogens with zero attached hydrogens (tertiary/aromatic N) is 4. The fourth-order valence-electron chi connectivity index (χ4n) is 3.03. The van der Waals surface area contributed by atoms with E-state index in [4.69, 9.17) is 0 Å². The van der Waals surface area contributed by atoms with E-state index in [0.717, 1.165) is 0 Å². The third-order valence-electron chi connectivity index (χ3n) is 4.58. The number of amides is 1. The number of aromatic nitrogens is 4. The van der Waals surface area contributed by atoms with E-state index in [9.17, 15) is 14.4 Å². The van der Waals surface area contributed by atoms with E-state index in [2.05, 4.69) is 31.3 Å². The number of halogens is 1. The number of carbonyl (C=O) groups excluding carboxylic acids is 2. The highest BCUT2D eigenvalue weighted by Crippen LogP contribution is 2.17. The van der Waals surface area contributed by atoms with Crippen molar-refractivity contribution in [2.24, 2.45) is 7.05 Å². The summed E-state index contributed by atoms with van der Waals surface area (Å²) < 4.78 is 3.13. The standard InChI is InChI=1S/C21H16BrN5O3/c1-26-19-17(18(22)25-26)21(30)27(12-23-19)11-16(28)13-7-9-15(10-8-13)24-20(29)14-5-3-2-4-6-14/h2-10,12H,11H2,1H3,(H,24,29). The Morgan fingerprint density at radius 3 is 2.43 bits per heavy atom. The quantitative estimate of drug-likeness (QED) is 0.456. The summed E-state index contributed by atoms with van der Waals surface area (Å²) in [4.78, 5) is 41.8. The van der Waals surface area contributed by atoms with E-state index in [1.165, 1.54) is 15.6 Å². The first-order chi connectivity index (χ1) is 14.4. The van der Waals surface area contributed by atoms with Crippen LogP contribution in [-0.4, -0.2) is 31.0 Å². The molecule has 9 heteroatoms. The highest BCUT2D eigenvalue weighted by Gasteiger charge is 2.16. The first kappa shape index (κ1) is 19.7. The number of anilines is 1. The van der Waals surface area contributed by atoms with Gasteiger partial charge in [-0.15, -0.1) is 0 Å². The highest BCUT2D eigenvalue weighted by atomic mass is 79.9. The van der Waals surface area contributed by atoms with Crippen LogP contribution in [0.15, 0.2) is 70.3 Å². The van der Waals surface area contributed by atoms with Gasteiger partial charge in [0.25, 0.3) is 11.5 Å². The van der Waals surface area contributed by atoms with Gasteiger partial charge in [0, 0.05) is 23.9 Å². The molecule has 0 saturated carbocycles. The molecule has 0 unspecified atom stereocenters. The van der Waals surface area contributed by atoms with Gasteiger partial charge in [0.2, 0.25) is 0 Å². The Hall–Kier alpha value is -3.59. The van der Waals surface area contributed by atoms with Gasteiger partial charge in [0.1, 0.15) is 16.3 Å². The molecule has 30 heavy (non-hydrogen) atoms. The lowest BCUT2D eigenvalue weighted by Crippen LogP contribution is -2.24. The molecule has 0 atom stereocenters. The Labute approximate surface area is 179 Å². The van der Waals surface area contributed by atoms with Crippen molar-refractivity contribution in [3.63, 3.8) is 0 Å². The van der Waals surface area contributed by atoms with E-state index in [1.54, 1.807) is 55.6 Å². The van der Waals surface area contributed by atoms with Crippen molar-refractivity contribution in [3.8, 4) is 0 Å². The monoisotopic (exact) mass is 465 g/mol. The lowest BCUT2D eigenvalue weighted by atomic mass is 10.1. The molecule has 1 N–H and O–H groups in total. The topological polar surface area (TPSA) is 98.9 Å². The Morgan fingerprint density at radius 1 is 1.03 bits per heavy atom. The Kier molecular flexibility index (Phi) is 5.28. The van der Waals surface area contributed by atoms with E-state index >= 15 is 0 Å². The molecule has 2 aromatic heterocycles. The first-order valence-corrected chi connectivity index (χ1v) is 9.80. The van der Waals surface area contributed by atoms with Gasteiger partial charge < -0.3 is 5.32 Å². The number of benzene rings is 2. The molecule has 0 bridgehead atoms. The highest BCUT2D eigenvalue weighted by molar-refractivity contribution is 9.10. The maximum absolute atomic E-state index is 12.7. The minimum atomic E-state index is -0.347. The smallest absolute Gasteiger partial charge is 0.266 e. The minimum absolute atomic E-state index is 0.154. The molecule has 0 fully saturated rings. The summed E-state index contributed by atoms with van der Waals surface area (Å²) in [6.07, 6.45) is 1.34. The van der Waals surface area contributed by atoms with Gasteiger partial charge in [-0.05, 0) is 52.3 Å². The molecule has 0 saturated heterocycles. The minimum Gasteiger partial charge on any atom is -0.322 e. The number of ketones is 1. The SMILES string of the molecule is Cn1nc(Br)c2c(=O)n(CC(=O)c3ccc(NC(=O)c4ccccc4)cc3)cnc21. The van der Waals surface area contributed by atoms with Gasteiger partial charge in [-0.2, -0.15) is 5.10 Å². The fraction of sp³-hybridized carbons (Fsp3) is 0.0952. The van der Waals surface area contributed by atoms with Crippen molar-refractivity contribution in [2.45, 2.75) is 6.54 Å². The number of hydrogen-bond acceptors (Lipinski definition) is 5. The van der Waals surface area contributed by atoms with Crippen molar-refractivity contribution in [1.29, 1.82) is 0 Å². The molecule has 150 valence electrons. The number of carbonyl (C=O) groups is 2. The van der Waals surface area contributed by atoms with Crippen LogP contribution in [-0.2, 0) is 13.6 Å². The molecule has 0 spiro atoms. The molecule has 0 aliphatic carbocycles. The van der Waals surface area contributed by atoms with E-state index in [1.807, 2.05) is 6.07 Å². The molecule has 4 rings (SSSR count).